The molecule has 0 atom stereocenters. The Labute approximate surface area is 318 Å². The number of nitrogens with one attached hydrogen (secondary N) is 2. The Balaban J connectivity index is 0.966. The van der Waals surface area contributed by atoms with Crippen LogP contribution >= 0.6 is 45.9 Å². The number of nitrogens with zero attached hydrogens (tertiary/aromatic N) is 8. The number of ether oxygens (including phenoxy) is 2. The molecule has 2 saturated heterocycles. The molecule has 52 heavy (non-hydrogen) atoms. The summed E-state index contributed by atoms with van der Waals surface area (Å²) in [6, 6.07) is 20.5. The van der Waals surface area contributed by atoms with Crippen LogP contribution in [0.15, 0.2) is 71.7 Å². The molecule has 0 spiro atoms. The van der Waals surface area contributed by atoms with Gasteiger partial charge in [0.2, 0.25) is 22.0 Å². The van der Waals surface area contributed by atoms with Gasteiger partial charge in [-0.1, -0.05) is 94.4 Å². The van der Waals surface area contributed by atoms with E-state index in [1.54, 1.807) is 47.9 Å². The molecule has 8 rings (SSSR count). The second kappa shape index (κ2) is 15.3. The summed E-state index contributed by atoms with van der Waals surface area (Å²) >= 11 is 17.4. The summed E-state index contributed by atoms with van der Waals surface area (Å²) in [5.74, 6) is 1.10. The van der Waals surface area contributed by atoms with Crippen molar-refractivity contribution in [3.8, 4) is 45.4 Å². The van der Waals surface area contributed by atoms with Gasteiger partial charge in [0.25, 0.3) is 0 Å². The number of methoxy groups -OCH3 is 2. The third-order valence-electron chi connectivity index (χ3n) is 9.27. The first-order valence-corrected chi connectivity index (χ1v) is 19.2. The zero-order valence-electron chi connectivity index (χ0n) is 28.3. The topological polar surface area (TPSA) is 126 Å². The summed E-state index contributed by atoms with van der Waals surface area (Å²) in [5.41, 5.74) is 9.98. The standard InChI is InChI=1S/C36H34Cl2N10O2S2/c1-49-33-21(13-39-23-15-47(16-23)35-45-41-19-51-35)9-11-29(43-33)27-7-3-5-25(31(27)37)26-6-4-8-28(32(26)38)30-12-10-22(34(44-30)50-2)14-40-24-17-48(18-24)36-46-42-20-52-36/h3-12,19-20,23-24,39-40H,13-18H2,1-2H3. The van der Waals surface area contributed by atoms with Crippen LogP contribution in [0.5, 0.6) is 11.8 Å². The summed E-state index contributed by atoms with van der Waals surface area (Å²) in [5, 5.41) is 26.3. The lowest BCUT2D eigenvalue weighted by Gasteiger charge is -2.39. The highest BCUT2D eigenvalue weighted by molar-refractivity contribution is 7.13. The lowest BCUT2D eigenvalue weighted by Crippen LogP contribution is -2.57. The van der Waals surface area contributed by atoms with Crippen LogP contribution in [0.1, 0.15) is 11.1 Å². The van der Waals surface area contributed by atoms with Crippen molar-refractivity contribution < 1.29 is 9.47 Å². The second-order valence-electron chi connectivity index (χ2n) is 12.5. The summed E-state index contributed by atoms with van der Waals surface area (Å²) < 4.78 is 11.4. The van der Waals surface area contributed by atoms with Crippen LogP contribution in [0.3, 0.4) is 0 Å². The third-order valence-corrected chi connectivity index (χ3v) is 11.6. The van der Waals surface area contributed by atoms with Gasteiger partial charge in [0.05, 0.1) is 35.7 Å². The fourth-order valence-corrected chi connectivity index (χ4v) is 8.19. The van der Waals surface area contributed by atoms with Gasteiger partial charge in [0.15, 0.2) is 0 Å². The first-order valence-electron chi connectivity index (χ1n) is 16.6. The number of hydrogen-bond acceptors (Lipinski definition) is 14. The van der Waals surface area contributed by atoms with Crippen molar-refractivity contribution >= 4 is 56.1 Å². The summed E-state index contributed by atoms with van der Waals surface area (Å²) in [4.78, 5) is 14.1. The molecule has 2 aliphatic rings. The lowest BCUT2D eigenvalue weighted by atomic mass is 9.98. The highest BCUT2D eigenvalue weighted by atomic mass is 35.5. The Bertz CT molecular complexity index is 2010. The van der Waals surface area contributed by atoms with Crippen molar-refractivity contribution in [2.24, 2.45) is 0 Å². The molecule has 16 heteroatoms. The molecular weight excluding hydrogens is 740 g/mol. The highest BCUT2D eigenvalue weighted by Gasteiger charge is 2.30. The average Bonchev–Trinajstić information content (AvgIpc) is 3.87. The molecule has 6 heterocycles. The van der Waals surface area contributed by atoms with Crippen molar-refractivity contribution in [3.63, 3.8) is 0 Å². The van der Waals surface area contributed by atoms with E-state index in [-0.39, 0.29) is 0 Å². The Morgan fingerprint density at radius 1 is 0.635 bits per heavy atom. The molecular formula is C36H34Cl2N10O2S2. The molecule has 0 amide bonds. The van der Waals surface area contributed by atoms with Crippen LogP contribution in [0, 0.1) is 0 Å². The second-order valence-corrected chi connectivity index (χ2v) is 14.9. The molecule has 0 radical (unpaired) electrons. The first-order chi connectivity index (χ1) is 25.5. The van der Waals surface area contributed by atoms with Crippen molar-refractivity contribution in [1.29, 1.82) is 0 Å². The maximum Gasteiger partial charge on any atom is 0.218 e. The molecule has 0 unspecified atom stereocenters. The van der Waals surface area contributed by atoms with Crippen LogP contribution in [-0.4, -0.2) is 82.8 Å². The van der Waals surface area contributed by atoms with Crippen LogP contribution < -0.4 is 29.9 Å². The maximum absolute atomic E-state index is 7.14. The number of halogens is 2. The number of anilines is 2. The Kier molecular flexibility index (Phi) is 10.2. The van der Waals surface area contributed by atoms with E-state index in [1.807, 2.05) is 60.7 Å². The summed E-state index contributed by atoms with van der Waals surface area (Å²) in [6.07, 6.45) is 0. The molecule has 0 bridgehead atoms. The molecule has 266 valence electrons. The number of aromatic nitrogens is 6. The van der Waals surface area contributed by atoms with Crippen LogP contribution in [0.2, 0.25) is 10.0 Å². The Morgan fingerprint density at radius 2 is 1.06 bits per heavy atom. The molecule has 0 aliphatic carbocycles. The normalized spacial score (nSPS) is 14.7. The maximum atomic E-state index is 7.14. The van der Waals surface area contributed by atoms with E-state index in [1.165, 1.54) is 0 Å². The van der Waals surface area contributed by atoms with Crippen molar-refractivity contribution in [3.05, 3.63) is 92.9 Å². The number of benzene rings is 2. The monoisotopic (exact) mass is 772 g/mol. The van der Waals surface area contributed by atoms with Gasteiger partial charge in [0.1, 0.15) is 11.0 Å². The predicted octanol–water partition coefficient (Wildman–Crippen LogP) is 6.46. The molecule has 12 nitrogen and oxygen atoms in total. The molecule has 6 aromatic rings. The van der Waals surface area contributed by atoms with Crippen LogP contribution in [0.25, 0.3) is 33.6 Å². The van der Waals surface area contributed by atoms with Gasteiger partial charge in [0, 0.05) is 84.7 Å². The van der Waals surface area contributed by atoms with E-state index in [4.69, 9.17) is 42.6 Å². The predicted molar refractivity (Wildman–Crippen MR) is 207 cm³/mol. The SMILES string of the molecule is COc1nc(-c2cccc(-c3cccc(-c4ccc(CNC5CN(c6nncs6)C5)c(OC)n4)c3Cl)c2Cl)ccc1CNC1CN(c2nncs2)C1. The van der Waals surface area contributed by atoms with Crippen LogP contribution in [0.4, 0.5) is 10.3 Å². The molecule has 0 saturated carbocycles. The molecule has 2 fully saturated rings. The summed E-state index contributed by atoms with van der Waals surface area (Å²) in [7, 11) is 3.27. The van der Waals surface area contributed by atoms with Gasteiger partial charge >= 0.3 is 0 Å². The van der Waals surface area contributed by atoms with Gasteiger partial charge in [-0.15, -0.1) is 20.4 Å². The van der Waals surface area contributed by atoms with Crippen molar-refractivity contribution in [2.75, 3.05) is 50.2 Å². The average molecular weight is 774 g/mol. The minimum Gasteiger partial charge on any atom is -0.481 e. The van der Waals surface area contributed by atoms with E-state index in [9.17, 15) is 0 Å². The minimum absolute atomic E-state index is 0.350. The summed E-state index contributed by atoms with van der Waals surface area (Å²) in [6.45, 7) is 4.79. The Hall–Kier alpha value is -4.44. The fourth-order valence-electron chi connectivity index (χ4n) is 6.38. The van der Waals surface area contributed by atoms with Crippen LogP contribution in [-0.2, 0) is 13.1 Å². The van der Waals surface area contributed by atoms with E-state index in [0.29, 0.717) is 58.4 Å². The largest absolute Gasteiger partial charge is 0.481 e. The fraction of sp³-hybridized carbons (Fsp3) is 0.278. The molecule has 2 aromatic carbocycles. The zero-order valence-corrected chi connectivity index (χ0v) is 31.4. The van der Waals surface area contributed by atoms with Crippen molar-refractivity contribution in [1.82, 2.24) is 41.0 Å². The van der Waals surface area contributed by atoms with E-state index < -0.39 is 0 Å². The molecule has 2 N–H and O–H groups in total. The zero-order chi connectivity index (χ0) is 35.6. The Morgan fingerprint density at radius 3 is 1.44 bits per heavy atom. The molecule has 4 aromatic heterocycles. The highest BCUT2D eigenvalue weighted by Crippen LogP contribution is 2.42. The molecule has 2 aliphatic heterocycles. The first kappa shape index (κ1) is 34.6. The lowest BCUT2D eigenvalue weighted by molar-refractivity contribution is 0.380. The number of pyridine rings is 2. The van der Waals surface area contributed by atoms with E-state index in [0.717, 1.165) is 69.8 Å². The van der Waals surface area contributed by atoms with Gasteiger partial charge in [-0.05, 0) is 12.1 Å². The minimum atomic E-state index is 0.350. The quantitative estimate of drug-likeness (QED) is 0.134. The number of rotatable bonds is 13. The smallest absolute Gasteiger partial charge is 0.218 e. The third kappa shape index (κ3) is 7.01. The number of hydrogen-bond donors (Lipinski definition) is 2. The van der Waals surface area contributed by atoms with E-state index >= 15 is 0 Å². The van der Waals surface area contributed by atoms with Gasteiger partial charge in [-0.2, -0.15) is 0 Å². The van der Waals surface area contributed by atoms with Gasteiger partial charge in [-0.25, -0.2) is 9.97 Å². The van der Waals surface area contributed by atoms with Crippen molar-refractivity contribution in [2.45, 2.75) is 25.2 Å². The van der Waals surface area contributed by atoms with Gasteiger partial charge in [-0.3, -0.25) is 0 Å². The van der Waals surface area contributed by atoms with E-state index in [2.05, 4.69) is 40.8 Å². The van der Waals surface area contributed by atoms with Gasteiger partial charge < -0.3 is 29.9 Å².